The number of likely N-dealkylation sites (tertiary alicyclic amines) is 1. The number of amides is 1. The molecule has 31 heavy (non-hydrogen) atoms. The highest BCUT2D eigenvalue weighted by atomic mass is 35.5. The Kier molecular flexibility index (Phi) is 4.78. The molecule has 3 heterocycles. The number of nitrogens with one attached hydrogen (secondary N) is 1. The number of halogens is 1. The van der Waals surface area contributed by atoms with Gasteiger partial charge in [0.05, 0.1) is 40.7 Å². The lowest BCUT2D eigenvalue weighted by Crippen LogP contribution is -2.33. The van der Waals surface area contributed by atoms with Gasteiger partial charge in [0.1, 0.15) is 5.82 Å². The Morgan fingerprint density at radius 2 is 1.94 bits per heavy atom. The Hall–Kier alpha value is -3.19. The van der Waals surface area contributed by atoms with Crippen LogP contribution in [0.25, 0.3) is 16.7 Å². The van der Waals surface area contributed by atoms with E-state index in [-0.39, 0.29) is 17.9 Å². The van der Waals surface area contributed by atoms with Crippen molar-refractivity contribution in [3.05, 3.63) is 70.3 Å². The highest BCUT2D eigenvalue weighted by molar-refractivity contribution is 6.31. The number of hydrogen-bond acceptors (Lipinski definition) is 4. The van der Waals surface area contributed by atoms with Crippen LogP contribution >= 0.6 is 11.6 Å². The molecule has 7 nitrogen and oxygen atoms in total. The lowest BCUT2D eigenvalue weighted by atomic mass is 10.0. The first-order chi connectivity index (χ1) is 14.9. The highest BCUT2D eigenvalue weighted by Crippen LogP contribution is 2.38. The molecule has 1 saturated heterocycles. The summed E-state index contributed by atoms with van der Waals surface area (Å²) in [4.78, 5) is 25.4. The van der Waals surface area contributed by atoms with Crippen molar-refractivity contribution >= 4 is 28.5 Å². The first kappa shape index (κ1) is 19.8. The maximum Gasteiger partial charge on any atom is 0.256 e. The fourth-order valence-electron chi connectivity index (χ4n) is 4.48. The van der Waals surface area contributed by atoms with Crippen LogP contribution in [0.2, 0.25) is 5.02 Å². The van der Waals surface area contributed by atoms with Gasteiger partial charge in [-0.3, -0.25) is 4.79 Å². The molecule has 2 aromatic carbocycles. The van der Waals surface area contributed by atoms with E-state index in [1.807, 2.05) is 49.1 Å². The van der Waals surface area contributed by atoms with Gasteiger partial charge >= 0.3 is 0 Å². The molecule has 0 saturated carbocycles. The number of benzene rings is 2. The van der Waals surface area contributed by atoms with Gasteiger partial charge in [-0.1, -0.05) is 24.6 Å². The second-order valence-corrected chi connectivity index (χ2v) is 8.73. The molecule has 1 aliphatic rings. The molecule has 0 spiro atoms. The first-order valence-electron chi connectivity index (χ1n) is 10.4. The van der Waals surface area contributed by atoms with Crippen LogP contribution in [0.5, 0.6) is 0 Å². The molecule has 1 amide bonds. The largest absolute Gasteiger partial charge is 0.340 e. The van der Waals surface area contributed by atoms with Gasteiger partial charge < -0.3 is 9.88 Å². The Labute approximate surface area is 185 Å². The van der Waals surface area contributed by atoms with E-state index in [0.717, 1.165) is 34.4 Å². The summed E-state index contributed by atoms with van der Waals surface area (Å²) in [6.07, 6.45) is 4.13. The summed E-state index contributed by atoms with van der Waals surface area (Å²) in [5, 5.41) is 9.15. The summed E-state index contributed by atoms with van der Waals surface area (Å²) in [6, 6.07) is 9.39. The first-order valence-corrected chi connectivity index (χ1v) is 10.7. The normalized spacial score (nSPS) is 18.8. The molecule has 0 bridgehead atoms. The Morgan fingerprint density at radius 1 is 1.16 bits per heavy atom. The predicted octanol–water partition coefficient (Wildman–Crippen LogP) is 4.64. The van der Waals surface area contributed by atoms with Gasteiger partial charge in [-0.2, -0.15) is 15.0 Å². The van der Waals surface area contributed by atoms with E-state index in [1.54, 1.807) is 12.4 Å². The quantitative estimate of drug-likeness (QED) is 0.509. The smallest absolute Gasteiger partial charge is 0.256 e. The van der Waals surface area contributed by atoms with Gasteiger partial charge in [0.15, 0.2) is 0 Å². The third kappa shape index (κ3) is 3.39. The number of carbonyl (C=O) groups is 1. The number of imidazole rings is 1. The van der Waals surface area contributed by atoms with Crippen molar-refractivity contribution in [1.82, 2.24) is 29.9 Å². The van der Waals surface area contributed by atoms with Gasteiger partial charge in [-0.05, 0) is 61.6 Å². The van der Waals surface area contributed by atoms with Gasteiger partial charge in [0, 0.05) is 11.6 Å². The lowest BCUT2D eigenvalue weighted by Gasteiger charge is -2.26. The Balaban J connectivity index is 1.56. The summed E-state index contributed by atoms with van der Waals surface area (Å²) in [5.41, 5.74) is 5.10. The zero-order chi connectivity index (χ0) is 21.7. The summed E-state index contributed by atoms with van der Waals surface area (Å²) in [6.45, 7) is 6.82. The van der Waals surface area contributed by atoms with Crippen LogP contribution in [0, 0.1) is 19.8 Å². The molecule has 2 aromatic heterocycles. The summed E-state index contributed by atoms with van der Waals surface area (Å²) in [7, 11) is 0. The molecule has 1 aliphatic heterocycles. The van der Waals surface area contributed by atoms with E-state index < -0.39 is 0 Å². The molecule has 0 unspecified atom stereocenters. The molecular formula is C23H23ClN6O. The van der Waals surface area contributed by atoms with Crippen LogP contribution in [0.15, 0.2) is 42.7 Å². The maximum absolute atomic E-state index is 13.7. The second kappa shape index (κ2) is 7.50. The number of carbonyl (C=O) groups excluding carboxylic acids is 1. The van der Waals surface area contributed by atoms with E-state index in [0.29, 0.717) is 22.8 Å². The maximum atomic E-state index is 13.7. The molecule has 1 fully saturated rings. The van der Waals surface area contributed by atoms with Crippen molar-refractivity contribution in [2.24, 2.45) is 5.92 Å². The molecule has 1 N–H and O–H groups in total. The third-order valence-electron chi connectivity index (χ3n) is 6.02. The van der Waals surface area contributed by atoms with Crippen LogP contribution < -0.4 is 0 Å². The average Bonchev–Trinajstić information content (AvgIpc) is 3.46. The van der Waals surface area contributed by atoms with Crippen LogP contribution in [0.4, 0.5) is 0 Å². The minimum atomic E-state index is -0.141. The van der Waals surface area contributed by atoms with Gasteiger partial charge in [0.2, 0.25) is 0 Å². The number of rotatable bonds is 3. The fraction of sp³-hybridized carbons (Fsp3) is 0.304. The standard InChI is InChI=1S/C23H23ClN6O/c1-13-4-5-17(19(10-13)30-25-7-8-26-30)23(31)29-9-6-14(2)21(29)22-27-18-12-16(24)11-15(3)20(18)28-22/h4-5,7-8,10-12,14,21H,6,9H2,1-3H3,(H,27,28)/t14-,21-/m0/s1. The lowest BCUT2D eigenvalue weighted by molar-refractivity contribution is 0.0714. The summed E-state index contributed by atoms with van der Waals surface area (Å²) >= 11 is 6.23. The molecule has 8 heteroatoms. The van der Waals surface area contributed by atoms with Gasteiger partial charge in [-0.25, -0.2) is 4.98 Å². The van der Waals surface area contributed by atoms with E-state index in [4.69, 9.17) is 16.6 Å². The van der Waals surface area contributed by atoms with E-state index in [2.05, 4.69) is 22.1 Å². The Morgan fingerprint density at radius 3 is 2.71 bits per heavy atom. The monoisotopic (exact) mass is 434 g/mol. The topological polar surface area (TPSA) is 79.7 Å². The average molecular weight is 435 g/mol. The summed E-state index contributed by atoms with van der Waals surface area (Å²) < 4.78 is 0. The zero-order valence-electron chi connectivity index (χ0n) is 17.6. The van der Waals surface area contributed by atoms with Gasteiger partial charge in [0.25, 0.3) is 5.91 Å². The fourth-order valence-corrected chi connectivity index (χ4v) is 4.75. The molecule has 2 atom stereocenters. The number of aromatic amines is 1. The van der Waals surface area contributed by atoms with Gasteiger partial charge in [-0.15, -0.1) is 0 Å². The van der Waals surface area contributed by atoms with E-state index in [1.165, 1.54) is 4.80 Å². The number of nitrogens with zero attached hydrogens (tertiary/aromatic N) is 5. The molecule has 4 aromatic rings. The minimum absolute atomic E-state index is 0.0446. The van der Waals surface area contributed by atoms with Crippen molar-refractivity contribution in [2.75, 3.05) is 6.54 Å². The van der Waals surface area contributed by atoms with Crippen LogP contribution in [0.1, 0.15) is 46.7 Å². The van der Waals surface area contributed by atoms with Crippen LogP contribution in [-0.4, -0.2) is 42.3 Å². The van der Waals surface area contributed by atoms with Crippen molar-refractivity contribution < 1.29 is 4.79 Å². The molecule has 0 aliphatic carbocycles. The number of hydrogen-bond donors (Lipinski definition) is 1. The van der Waals surface area contributed by atoms with E-state index >= 15 is 0 Å². The van der Waals surface area contributed by atoms with E-state index in [9.17, 15) is 4.79 Å². The van der Waals surface area contributed by atoms with Crippen molar-refractivity contribution in [2.45, 2.75) is 33.2 Å². The molecule has 158 valence electrons. The molecular weight excluding hydrogens is 412 g/mol. The second-order valence-electron chi connectivity index (χ2n) is 8.29. The van der Waals surface area contributed by atoms with Crippen molar-refractivity contribution in [3.8, 4) is 5.69 Å². The molecule has 0 radical (unpaired) electrons. The van der Waals surface area contributed by atoms with Crippen LogP contribution in [0.3, 0.4) is 0 Å². The number of aromatic nitrogens is 5. The SMILES string of the molecule is Cc1ccc(C(=O)N2CC[C@H](C)[C@H]2c2nc3c(C)cc(Cl)cc3[nH]2)c(-n2nccn2)c1. The number of H-pyrrole nitrogens is 1. The van der Waals surface area contributed by atoms with Crippen molar-refractivity contribution in [1.29, 1.82) is 0 Å². The Bertz CT molecular complexity index is 1280. The highest BCUT2D eigenvalue weighted by Gasteiger charge is 2.38. The summed E-state index contributed by atoms with van der Waals surface area (Å²) in [5.74, 6) is 1.03. The minimum Gasteiger partial charge on any atom is -0.340 e. The third-order valence-corrected chi connectivity index (χ3v) is 6.24. The molecule has 5 rings (SSSR count). The number of fused-ring (bicyclic) bond motifs is 1. The van der Waals surface area contributed by atoms with Crippen molar-refractivity contribution in [3.63, 3.8) is 0 Å². The predicted molar refractivity (Wildman–Crippen MR) is 119 cm³/mol. The van der Waals surface area contributed by atoms with Crippen LogP contribution in [-0.2, 0) is 0 Å². The zero-order valence-corrected chi connectivity index (χ0v) is 18.4. The number of aryl methyl sites for hydroxylation is 2.